The number of benzene rings is 1. The van der Waals surface area contributed by atoms with E-state index in [1.165, 1.54) is 0 Å². The number of hydrogen-bond donors (Lipinski definition) is 2. The number of aromatic nitrogens is 2. The Morgan fingerprint density at radius 2 is 2.33 bits per heavy atom. The monoisotopic (exact) mass is 203 g/mol. The predicted octanol–water partition coefficient (Wildman–Crippen LogP) is 1.54. The van der Waals surface area contributed by atoms with Gasteiger partial charge in [-0.15, -0.1) is 0 Å². The summed E-state index contributed by atoms with van der Waals surface area (Å²) in [5, 5.41) is 9.38. The lowest BCUT2D eigenvalue weighted by molar-refractivity contribution is 0.459. The molecule has 1 unspecified atom stereocenters. The number of imidazole rings is 1. The van der Waals surface area contributed by atoms with Crippen molar-refractivity contribution in [1.82, 2.24) is 9.55 Å². The van der Waals surface area contributed by atoms with Crippen molar-refractivity contribution in [2.75, 3.05) is 0 Å². The summed E-state index contributed by atoms with van der Waals surface area (Å²) >= 11 is 0. The lowest BCUT2D eigenvalue weighted by Crippen LogP contribution is -2.21. The van der Waals surface area contributed by atoms with E-state index in [0.717, 1.165) is 36.2 Å². The number of aryl methyl sites for hydroxylation is 1. The van der Waals surface area contributed by atoms with Crippen LogP contribution in [0.15, 0.2) is 18.2 Å². The van der Waals surface area contributed by atoms with E-state index in [2.05, 4.69) is 9.55 Å². The van der Waals surface area contributed by atoms with Crippen molar-refractivity contribution in [3.05, 3.63) is 24.0 Å². The first-order valence-electron chi connectivity index (χ1n) is 5.20. The molecule has 0 aliphatic carbocycles. The summed E-state index contributed by atoms with van der Waals surface area (Å²) in [5.74, 6) is 1.20. The van der Waals surface area contributed by atoms with Gasteiger partial charge in [-0.2, -0.15) is 0 Å². The summed E-state index contributed by atoms with van der Waals surface area (Å²) in [6.07, 6.45) is 2.09. The summed E-state index contributed by atoms with van der Waals surface area (Å²) in [7, 11) is 0. The summed E-state index contributed by atoms with van der Waals surface area (Å²) in [6.45, 7) is 0.976. The Balaban J connectivity index is 2.30. The Bertz CT molecular complexity index is 518. The topological polar surface area (TPSA) is 64.1 Å². The Labute approximate surface area is 87.3 Å². The molecule has 0 saturated heterocycles. The van der Waals surface area contributed by atoms with Crippen LogP contribution in [0.5, 0.6) is 5.75 Å². The molecule has 1 aliphatic rings. The second-order valence-electron chi connectivity index (χ2n) is 4.04. The number of rotatable bonds is 0. The highest BCUT2D eigenvalue weighted by Gasteiger charge is 2.20. The van der Waals surface area contributed by atoms with Gasteiger partial charge in [0.15, 0.2) is 0 Å². The summed E-state index contributed by atoms with van der Waals surface area (Å²) in [6, 6.07) is 5.32. The van der Waals surface area contributed by atoms with Gasteiger partial charge in [-0.25, -0.2) is 4.98 Å². The summed E-state index contributed by atoms with van der Waals surface area (Å²) < 4.78 is 2.16. The van der Waals surface area contributed by atoms with Gasteiger partial charge in [0.25, 0.3) is 0 Å². The van der Waals surface area contributed by atoms with Crippen molar-refractivity contribution < 1.29 is 5.11 Å². The molecular weight excluding hydrogens is 190 g/mol. The lowest BCUT2D eigenvalue weighted by atomic mass is 10.1. The highest BCUT2D eigenvalue weighted by molar-refractivity contribution is 5.77. The fraction of sp³-hybridized carbons (Fsp3) is 0.364. The van der Waals surface area contributed by atoms with E-state index >= 15 is 0 Å². The van der Waals surface area contributed by atoms with Gasteiger partial charge in [-0.1, -0.05) is 0 Å². The van der Waals surface area contributed by atoms with Gasteiger partial charge in [0, 0.05) is 12.6 Å². The Morgan fingerprint density at radius 3 is 3.20 bits per heavy atom. The number of phenolic OH excluding ortho intramolecular Hbond substituents is 1. The van der Waals surface area contributed by atoms with Crippen LogP contribution in [0.1, 0.15) is 24.7 Å². The highest BCUT2D eigenvalue weighted by Crippen LogP contribution is 2.28. The molecule has 4 heteroatoms. The third kappa shape index (κ3) is 1.22. The van der Waals surface area contributed by atoms with Gasteiger partial charge in [0.05, 0.1) is 17.1 Å². The Kier molecular flexibility index (Phi) is 1.73. The molecule has 1 aromatic heterocycles. The molecule has 0 fully saturated rings. The maximum absolute atomic E-state index is 9.38. The predicted molar refractivity (Wildman–Crippen MR) is 57.6 cm³/mol. The van der Waals surface area contributed by atoms with Crippen molar-refractivity contribution in [3.8, 4) is 5.75 Å². The van der Waals surface area contributed by atoms with Crippen molar-refractivity contribution >= 4 is 11.0 Å². The number of nitrogens with two attached hydrogens (primary N) is 1. The average molecular weight is 203 g/mol. The quantitative estimate of drug-likeness (QED) is 0.682. The van der Waals surface area contributed by atoms with Crippen LogP contribution in [0.25, 0.3) is 11.0 Å². The van der Waals surface area contributed by atoms with Crippen LogP contribution in [-0.2, 0) is 6.54 Å². The zero-order chi connectivity index (χ0) is 10.4. The van der Waals surface area contributed by atoms with Gasteiger partial charge in [0.1, 0.15) is 11.6 Å². The molecule has 1 atom stereocenters. The first kappa shape index (κ1) is 8.73. The molecule has 0 amide bonds. The molecule has 0 spiro atoms. The maximum Gasteiger partial charge on any atom is 0.126 e. The SMILES string of the molecule is NC1CCCn2c1nc1cc(O)ccc12. The second-order valence-corrected chi connectivity index (χ2v) is 4.04. The minimum atomic E-state index is 0.0355. The van der Waals surface area contributed by atoms with Crippen LogP contribution in [0.3, 0.4) is 0 Å². The molecule has 3 N–H and O–H groups in total. The molecule has 2 aromatic rings. The van der Waals surface area contributed by atoms with Crippen LogP contribution in [0, 0.1) is 0 Å². The number of nitrogens with zero attached hydrogens (tertiary/aromatic N) is 2. The number of aromatic hydroxyl groups is 1. The van der Waals surface area contributed by atoms with Gasteiger partial charge in [0.2, 0.25) is 0 Å². The third-order valence-corrected chi connectivity index (χ3v) is 2.99. The molecule has 2 heterocycles. The van der Waals surface area contributed by atoms with Gasteiger partial charge < -0.3 is 15.4 Å². The van der Waals surface area contributed by atoms with Gasteiger partial charge >= 0.3 is 0 Å². The van der Waals surface area contributed by atoms with Crippen LogP contribution in [0.4, 0.5) is 0 Å². The van der Waals surface area contributed by atoms with E-state index in [0.29, 0.717) is 0 Å². The average Bonchev–Trinajstić information content (AvgIpc) is 2.57. The summed E-state index contributed by atoms with van der Waals surface area (Å²) in [5.41, 5.74) is 7.91. The van der Waals surface area contributed by atoms with E-state index in [1.807, 2.05) is 6.07 Å². The van der Waals surface area contributed by atoms with Crippen LogP contribution in [-0.4, -0.2) is 14.7 Å². The van der Waals surface area contributed by atoms with E-state index in [4.69, 9.17) is 5.73 Å². The maximum atomic E-state index is 9.38. The van der Waals surface area contributed by atoms with Crippen molar-refractivity contribution in [3.63, 3.8) is 0 Å². The van der Waals surface area contributed by atoms with Crippen LogP contribution >= 0.6 is 0 Å². The smallest absolute Gasteiger partial charge is 0.126 e. The Morgan fingerprint density at radius 1 is 1.47 bits per heavy atom. The highest BCUT2D eigenvalue weighted by atomic mass is 16.3. The van der Waals surface area contributed by atoms with Gasteiger partial charge in [-0.05, 0) is 25.0 Å². The molecule has 0 radical (unpaired) electrons. The molecule has 4 nitrogen and oxygen atoms in total. The Hall–Kier alpha value is -1.55. The molecule has 0 saturated carbocycles. The first-order chi connectivity index (χ1) is 7.25. The minimum Gasteiger partial charge on any atom is -0.508 e. The van der Waals surface area contributed by atoms with Crippen LogP contribution < -0.4 is 5.73 Å². The fourth-order valence-corrected chi connectivity index (χ4v) is 2.25. The van der Waals surface area contributed by atoms with E-state index < -0.39 is 0 Å². The molecule has 15 heavy (non-hydrogen) atoms. The molecule has 1 aromatic carbocycles. The zero-order valence-electron chi connectivity index (χ0n) is 8.35. The summed E-state index contributed by atoms with van der Waals surface area (Å²) in [4.78, 5) is 4.47. The largest absolute Gasteiger partial charge is 0.508 e. The standard InChI is InChI=1S/C11H13N3O/c12-8-2-1-5-14-10-4-3-7(15)6-9(10)13-11(8)14/h3-4,6,8,15H,1-2,5,12H2. The number of hydrogen-bond acceptors (Lipinski definition) is 3. The van der Waals surface area contributed by atoms with Crippen molar-refractivity contribution in [2.45, 2.75) is 25.4 Å². The zero-order valence-corrected chi connectivity index (χ0v) is 8.35. The van der Waals surface area contributed by atoms with E-state index in [-0.39, 0.29) is 11.8 Å². The normalized spacial score (nSPS) is 20.5. The minimum absolute atomic E-state index is 0.0355. The fourth-order valence-electron chi connectivity index (χ4n) is 2.25. The number of phenols is 1. The molecule has 1 aliphatic heterocycles. The molecule has 0 bridgehead atoms. The molecule has 3 rings (SSSR count). The van der Waals surface area contributed by atoms with E-state index in [1.54, 1.807) is 12.1 Å². The molecule has 78 valence electrons. The molecular formula is C11H13N3O. The third-order valence-electron chi connectivity index (χ3n) is 2.99. The first-order valence-corrected chi connectivity index (χ1v) is 5.20. The lowest BCUT2D eigenvalue weighted by Gasteiger charge is -2.20. The number of fused-ring (bicyclic) bond motifs is 3. The second kappa shape index (κ2) is 2.97. The van der Waals surface area contributed by atoms with Crippen LogP contribution in [0.2, 0.25) is 0 Å². The van der Waals surface area contributed by atoms with E-state index in [9.17, 15) is 5.11 Å². The van der Waals surface area contributed by atoms with Crippen molar-refractivity contribution in [1.29, 1.82) is 0 Å². The van der Waals surface area contributed by atoms with Gasteiger partial charge in [-0.3, -0.25) is 0 Å². The van der Waals surface area contributed by atoms with Crippen molar-refractivity contribution in [2.24, 2.45) is 5.73 Å².